The molecule has 0 spiro atoms. The van der Waals surface area contributed by atoms with Crippen LogP contribution in [-0.2, 0) is 28.6 Å². The van der Waals surface area contributed by atoms with Crippen LogP contribution in [0, 0.1) is 0 Å². The summed E-state index contributed by atoms with van der Waals surface area (Å²) in [7, 11) is 0. The van der Waals surface area contributed by atoms with Gasteiger partial charge in [-0.3, -0.25) is 14.4 Å². The van der Waals surface area contributed by atoms with Crippen molar-refractivity contribution >= 4 is 17.9 Å². The molecule has 6 nitrogen and oxygen atoms in total. The van der Waals surface area contributed by atoms with Crippen LogP contribution in [0.5, 0.6) is 0 Å². The van der Waals surface area contributed by atoms with E-state index in [1.54, 1.807) is 0 Å². The number of esters is 3. The molecule has 0 N–H and O–H groups in total. The van der Waals surface area contributed by atoms with E-state index in [9.17, 15) is 14.4 Å². The fraction of sp³-hybridized carbons (Fsp3) is 0.571. The summed E-state index contributed by atoms with van der Waals surface area (Å²) in [6.45, 7) is 6.28. The van der Waals surface area contributed by atoms with E-state index in [1.165, 1.54) is 64.2 Å². The van der Waals surface area contributed by atoms with Crippen LogP contribution in [0.2, 0.25) is 0 Å². The van der Waals surface area contributed by atoms with Crippen molar-refractivity contribution in [2.75, 3.05) is 13.2 Å². The second kappa shape index (κ2) is 55.9. The highest BCUT2D eigenvalue weighted by atomic mass is 16.6. The molecular weight excluding hydrogens is 853 g/mol. The number of allylic oxidation sites excluding steroid dienone is 24. The van der Waals surface area contributed by atoms with Crippen LogP contribution in [0.25, 0.3) is 0 Å². The molecule has 0 amide bonds. The summed E-state index contributed by atoms with van der Waals surface area (Å²) in [6, 6.07) is 0. The van der Waals surface area contributed by atoms with Crippen LogP contribution >= 0.6 is 0 Å². The fourth-order valence-corrected chi connectivity index (χ4v) is 6.91. The van der Waals surface area contributed by atoms with Crippen LogP contribution in [0.15, 0.2) is 146 Å². The van der Waals surface area contributed by atoms with Gasteiger partial charge in [-0.25, -0.2) is 0 Å². The molecule has 0 aromatic rings. The van der Waals surface area contributed by atoms with Gasteiger partial charge in [-0.2, -0.15) is 0 Å². The highest BCUT2D eigenvalue weighted by Crippen LogP contribution is 2.13. The molecule has 69 heavy (non-hydrogen) atoms. The molecule has 0 saturated heterocycles. The van der Waals surface area contributed by atoms with Crippen molar-refractivity contribution in [2.45, 2.75) is 219 Å². The number of hydrogen-bond donors (Lipinski definition) is 0. The minimum absolute atomic E-state index is 0.115. The maximum absolute atomic E-state index is 12.8. The quantitative estimate of drug-likeness (QED) is 0.0199. The van der Waals surface area contributed by atoms with Crippen molar-refractivity contribution < 1.29 is 28.6 Å². The first-order valence-corrected chi connectivity index (χ1v) is 27.4. The Balaban J connectivity index is 4.58. The number of unbranched alkanes of at least 4 members (excludes halogenated alkanes) is 17. The molecule has 1 unspecified atom stereocenters. The molecule has 0 aliphatic rings. The number of hydrogen-bond acceptors (Lipinski definition) is 6. The Kier molecular flexibility index (Phi) is 52.1. The molecule has 0 rings (SSSR count). The molecule has 0 aliphatic carbocycles. The maximum atomic E-state index is 12.8. The van der Waals surface area contributed by atoms with Crippen molar-refractivity contribution in [3.63, 3.8) is 0 Å². The van der Waals surface area contributed by atoms with Crippen LogP contribution in [0.4, 0.5) is 0 Å². The van der Waals surface area contributed by atoms with Gasteiger partial charge in [0, 0.05) is 19.3 Å². The molecule has 386 valence electrons. The first-order chi connectivity index (χ1) is 34.0. The molecule has 6 heteroatoms. The van der Waals surface area contributed by atoms with Crippen molar-refractivity contribution in [1.82, 2.24) is 0 Å². The molecule has 0 aromatic heterocycles. The summed E-state index contributed by atoms with van der Waals surface area (Å²) in [4.78, 5) is 38.1. The zero-order valence-corrected chi connectivity index (χ0v) is 44.0. The van der Waals surface area contributed by atoms with Crippen molar-refractivity contribution in [1.29, 1.82) is 0 Å². The summed E-state index contributed by atoms with van der Waals surface area (Å²) in [5.74, 6) is -1.01. The summed E-state index contributed by atoms with van der Waals surface area (Å²) < 4.78 is 16.8. The van der Waals surface area contributed by atoms with Crippen molar-refractivity contribution in [3.05, 3.63) is 146 Å². The van der Waals surface area contributed by atoms with Crippen LogP contribution < -0.4 is 0 Å². The Labute approximate surface area is 423 Å². The third-order valence-electron chi connectivity index (χ3n) is 11.0. The van der Waals surface area contributed by atoms with Crippen LogP contribution in [-0.4, -0.2) is 37.2 Å². The number of carbonyl (C=O) groups excluding carboxylic acids is 3. The highest BCUT2D eigenvalue weighted by Gasteiger charge is 2.19. The van der Waals surface area contributed by atoms with Gasteiger partial charge in [0.15, 0.2) is 6.10 Å². The first kappa shape index (κ1) is 64.3. The predicted molar refractivity (Wildman–Crippen MR) is 297 cm³/mol. The van der Waals surface area contributed by atoms with Crippen LogP contribution in [0.1, 0.15) is 213 Å². The zero-order chi connectivity index (χ0) is 50.0. The van der Waals surface area contributed by atoms with E-state index in [4.69, 9.17) is 14.2 Å². The third-order valence-corrected chi connectivity index (χ3v) is 11.0. The summed E-state index contributed by atoms with van der Waals surface area (Å²) in [6.07, 6.45) is 79.7. The van der Waals surface area contributed by atoms with E-state index >= 15 is 0 Å². The first-order valence-electron chi connectivity index (χ1n) is 27.4. The second-order valence-corrected chi connectivity index (χ2v) is 17.5. The fourth-order valence-electron chi connectivity index (χ4n) is 6.91. The van der Waals surface area contributed by atoms with Gasteiger partial charge in [0.25, 0.3) is 0 Å². The standard InChI is InChI=1S/C63H98O6/c1-4-7-10-13-16-19-22-25-28-30-31-33-35-38-41-44-47-50-53-56-62(65)68-59-60(58-67-61(64)55-52-49-46-43-40-37-34-27-24-21-18-15-12-9-6-3)69-63(66)57-54-51-48-45-42-39-36-32-29-26-23-20-17-14-11-8-5-2/h7-8,10-11,14,16-17,19-21,23-26,28-29,31-33,36,38-39,41-42,60H,4-6,9,12-13,15,18,22,27,30,34-35,37,40,43-59H2,1-3H3/b10-7-,11-8-,17-14-,19-16-,23-20-,24-21-,28-25-,29-26-,33-31-,36-32+,41-38-,42-39-. The van der Waals surface area contributed by atoms with Crippen LogP contribution in [0.3, 0.4) is 0 Å². The minimum Gasteiger partial charge on any atom is -0.462 e. The highest BCUT2D eigenvalue weighted by molar-refractivity contribution is 5.71. The van der Waals surface area contributed by atoms with Crippen molar-refractivity contribution in [3.8, 4) is 0 Å². The molecule has 0 bridgehead atoms. The molecule has 0 radical (unpaired) electrons. The Bertz CT molecular complexity index is 1560. The largest absolute Gasteiger partial charge is 0.462 e. The van der Waals surface area contributed by atoms with E-state index in [-0.39, 0.29) is 37.5 Å². The lowest BCUT2D eigenvalue weighted by atomic mass is 10.1. The minimum atomic E-state index is -0.824. The molecule has 0 fully saturated rings. The normalized spacial score (nSPS) is 13.3. The summed E-state index contributed by atoms with van der Waals surface area (Å²) in [5.41, 5.74) is 0. The van der Waals surface area contributed by atoms with Gasteiger partial charge in [0.1, 0.15) is 13.2 Å². The lowest BCUT2D eigenvalue weighted by Crippen LogP contribution is -2.30. The molecule has 0 heterocycles. The second-order valence-electron chi connectivity index (χ2n) is 17.5. The maximum Gasteiger partial charge on any atom is 0.306 e. The summed E-state index contributed by atoms with van der Waals surface area (Å²) in [5, 5.41) is 0. The van der Waals surface area contributed by atoms with Crippen molar-refractivity contribution in [2.24, 2.45) is 0 Å². The number of carbonyl (C=O) groups is 3. The van der Waals surface area contributed by atoms with Gasteiger partial charge in [-0.05, 0) is 109 Å². The third kappa shape index (κ3) is 54.1. The zero-order valence-electron chi connectivity index (χ0n) is 44.0. The Morgan fingerprint density at radius 3 is 1.09 bits per heavy atom. The summed E-state index contributed by atoms with van der Waals surface area (Å²) >= 11 is 0. The van der Waals surface area contributed by atoms with E-state index < -0.39 is 6.10 Å². The van der Waals surface area contributed by atoms with Gasteiger partial charge in [0.05, 0.1) is 0 Å². The van der Waals surface area contributed by atoms with E-state index in [1.807, 2.05) is 60.8 Å². The number of rotatable bonds is 47. The number of ether oxygens (including phenoxy) is 3. The van der Waals surface area contributed by atoms with E-state index in [0.717, 1.165) is 103 Å². The lowest BCUT2D eigenvalue weighted by molar-refractivity contribution is -0.167. The molecule has 0 saturated carbocycles. The Morgan fingerprint density at radius 1 is 0.319 bits per heavy atom. The monoisotopic (exact) mass is 951 g/mol. The van der Waals surface area contributed by atoms with Gasteiger partial charge in [-0.1, -0.05) is 231 Å². The molecule has 0 aliphatic heterocycles. The van der Waals surface area contributed by atoms with Gasteiger partial charge < -0.3 is 14.2 Å². The Morgan fingerprint density at radius 2 is 0.638 bits per heavy atom. The van der Waals surface area contributed by atoms with Gasteiger partial charge in [0.2, 0.25) is 0 Å². The molecule has 0 aromatic carbocycles. The molecular formula is C63H98O6. The average molecular weight is 951 g/mol. The van der Waals surface area contributed by atoms with Gasteiger partial charge in [-0.15, -0.1) is 0 Å². The Hall–Kier alpha value is -4.71. The van der Waals surface area contributed by atoms with Gasteiger partial charge >= 0.3 is 17.9 Å². The predicted octanol–water partition coefficient (Wildman–Crippen LogP) is 18.4. The molecule has 1 atom stereocenters. The smallest absolute Gasteiger partial charge is 0.306 e. The van der Waals surface area contributed by atoms with E-state index in [0.29, 0.717) is 19.3 Å². The topological polar surface area (TPSA) is 78.9 Å². The van der Waals surface area contributed by atoms with E-state index in [2.05, 4.69) is 106 Å². The average Bonchev–Trinajstić information content (AvgIpc) is 3.35. The lowest BCUT2D eigenvalue weighted by Gasteiger charge is -2.18. The SMILES string of the molecule is CC\C=C/C=C\C=C/C=C\C=C\C=C/CCCCCC(=O)OC(COC(=O)CCCCC/C=C\C/C=C\C/C=C\C/C=C\C/C=C\CC)COC(=O)CCCCCCCCC/C=C\CCCCCC.